The molecule has 0 bridgehead atoms. The number of methoxy groups -OCH3 is 1. The molecular formula is C16H18O3. The molecule has 1 aromatic carbocycles. The summed E-state index contributed by atoms with van der Waals surface area (Å²) in [6.45, 7) is 0. The summed E-state index contributed by atoms with van der Waals surface area (Å²) >= 11 is 0. The highest BCUT2D eigenvalue weighted by atomic mass is 16.5. The van der Waals surface area contributed by atoms with Crippen molar-refractivity contribution in [3.63, 3.8) is 0 Å². The average molecular weight is 258 g/mol. The van der Waals surface area contributed by atoms with Crippen LogP contribution >= 0.6 is 0 Å². The first-order valence-corrected chi connectivity index (χ1v) is 6.57. The molecule has 3 heteroatoms. The Morgan fingerprint density at radius 1 is 1.32 bits per heavy atom. The van der Waals surface area contributed by atoms with Crippen molar-refractivity contribution in [1.82, 2.24) is 0 Å². The van der Waals surface area contributed by atoms with Gasteiger partial charge in [-0.05, 0) is 25.2 Å². The van der Waals surface area contributed by atoms with Crippen molar-refractivity contribution in [1.29, 1.82) is 0 Å². The number of carbonyl (C=O) groups excluding carboxylic acids is 2. The van der Waals surface area contributed by atoms with E-state index in [1.54, 1.807) is 6.08 Å². The minimum absolute atomic E-state index is 0.142. The summed E-state index contributed by atoms with van der Waals surface area (Å²) in [7, 11) is 1.37. The van der Waals surface area contributed by atoms with Crippen molar-refractivity contribution < 1.29 is 14.3 Å². The van der Waals surface area contributed by atoms with Gasteiger partial charge in [-0.2, -0.15) is 0 Å². The highest BCUT2D eigenvalue weighted by molar-refractivity contribution is 5.96. The first-order valence-electron chi connectivity index (χ1n) is 6.57. The van der Waals surface area contributed by atoms with Crippen LogP contribution in [0.2, 0.25) is 0 Å². The molecule has 0 N–H and O–H groups in total. The van der Waals surface area contributed by atoms with Crippen LogP contribution in [0.25, 0.3) is 0 Å². The fourth-order valence-electron chi connectivity index (χ4n) is 2.54. The molecule has 0 aliphatic heterocycles. The van der Waals surface area contributed by atoms with Gasteiger partial charge >= 0.3 is 5.97 Å². The fourth-order valence-corrected chi connectivity index (χ4v) is 2.54. The van der Waals surface area contributed by atoms with E-state index in [0.717, 1.165) is 30.4 Å². The molecule has 1 aliphatic carbocycles. The summed E-state index contributed by atoms with van der Waals surface area (Å²) in [5.41, 5.74) is 1.79. The molecule has 2 rings (SSSR count). The van der Waals surface area contributed by atoms with Crippen LogP contribution in [0.3, 0.4) is 0 Å². The second-order valence-corrected chi connectivity index (χ2v) is 4.82. The molecule has 3 nitrogen and oxygen atoms in total. The van der Waals surface area contributed by atoms with Crippen LogP contribution in [0.4, 0.5) is 0 Å². The summed E-state index contributed by atoms with van der Waals surface area (Å²) in [6.07, 6.45) is 4.93. The molecule has 100 valence electrons. The predicted molar refractivity (Wildman–Crippen MR) is 72.8 cm³/mol. The topological polar surface area (TPSA) is 43.4 Å². The zero-order valence-electron chi connectivity index (χ0n) is 11.1. The molecule has 1 aromatic rings. The molecular weight excluding hydrogens is 240 g/mol. The number of rotatable bonds is 4. The zero-order chi connectivity index (χ0) is 13.7. The number of allylic oxidation sites excluding steroid dienone is 1. The van der Waals surface area contributed by atoms with Crippen molar-refractivity contribution in [3.05, 3.63) is 47.5 Å². The van der Waals surface area contributed by atoms with Crippen LogP contribution in [-0.4, -0.2) is 18.9 Å². The lowest BCUT2D eigenvalue weighted by molar-refractivity contribution is -0.134. The molecule has 0 spiro atoms. The Kier molecular flexibility index (Phi) is 4.50. The minimum Gasteiger partial charge on any atom is -0.466 e. The van der Waals surface area contributed by atoms with Gasteiger partial charge in [0, 0.05) is 18.1 Å². The van der Waals surface area contributed by atoms with Crippen molar-refractivity contribution in [3.8, 4) is 0 Å². The van der Waals surface area contributed by atoms with E-state index < -0.39 is 0 Å². The van der Waals surface area contributed by atoms with Crippen molar-refractivity contribution in [2.75, 3.05) is 7.11 Å². The molecule has 1 aliphatic rings. The lowest BCUT2D eigenvalue weighted by atomic mass is 9.93. The summed E-state index contributed by atoms with van der Waals surface area (Å²) in [6, 6.07) is 9.30. The third kappa shape index (κ3) is 3.53. The molecule has 1 atom stereocenters. The zero-order valence-corrected chi connectivity index (χ0v) is 11.1. The Hall–Kier alpha value is -1.90. The van der Waals surface area contributed by atoms with E-state index in [-0.39, 0.29) is 17.7 Å². The van der Waals surface area contributed by atoms with Crippen LogP contribution in [-0.2, 0) is 9.53 Å². The van der Waals surface area contributed by atoms with Gasteiger partial charge in [-0.3, -0.25) is 4.79 Å². The standard InChI is InChI=1S/C16H18O3/c1-19-16(18)11-14-9-5-8-13(14)10-15(17)12-6-3-2-4-7-12/h2-4,6-7,11,13H,5,8-10H2,1H3/b14-11-/t13-/m0/s1. The quantitative estimate of drug-likeness (QED) is 0.473. The number of ketones is 1. The molecule has 0 aromatic heterocycles. The first-order chi connectivity index (χ1) is 9.20. The van der Waals surface area contributed by atoms with Gasteiger partial charge in [0.05, 0.1) is 7.11 Å². The van der Waals surface area contributed by atoms with E-state index in [2.05, 4.69) is 4.74 Å². The maximum Gasteiger partial charge on any atom is 0.330 e. The van der Waals surface area contributed by atoms with Gasteiger partial charge in [0.1, 0.15) is 0 Å². The normalized spacial score (nSPS) is 20.5. The maximum atomic E-state index is 12.2. The Labute approximate surface area is 113 Å². The van der Waals surface area contributed by atoms with Crippen molar-refractivity contribution >= 4 is 11.8 Å². The smallest absolute Gasteiger partial charge is 0.330 e. The number of Topliss-reactive ketones (excluding diaryl/α,β-unsaturated/α-hetero) is 1. The predicted octanol–water partition coefficient (Wildman–Crippen LogP) is 3.16. The van der Waals surface area contributed by atoms with E-state index in [4.69, 9.17) is 0 Å². The van der Waals surface area contributed by atoms with Gasteiger partial charge in [0.25, 0.3) is 0 Å². The Morgan fingerprint density at radius 3 is 2.74 bits per heavy atom. The van der Waals surface area contributed by atoms with Crippen molar-refractivity contribution in [2.24, 2.45) is 5.92 Å². The lowest BCUT2D eigenvalue weighted by Crippen LogP contribution is -2.09. The van der Waals surface area contributed by atoms with E-state index >= 15 is 0 Å². The first kappa shape index (κ1) is 13.5. The van der Waals surface area contributed by atoms with E-state index in [1.807, 2.05) is 30.3 Å². The second kappa shape index (κ2) is 6.32. The van der Waals surface area contributed by atoms with Gasteiger partial charge in [-0.15, -0.1) is 0 Å². The third-order valence-electron chi connectivity index (χ3n) is 3.57. The summed E-state index contributed by atoms with van der Waals surface area (Å²) in [5, 5.41) is 0. The Balaban J connectivity index is 2.04. The highest BCUT2D eigenvalue weighted by Gasteiger charge is 2.24. The Morgan fingerprint density at radius 2 is 2.05 bits per heavy atom. The number of carbonyl (C=O) groups is 2. The molecule has 19 heavy (non-hydrogen) atoms. The minimum atomic E-state index is -0.325. The van der Waals surface area contributed by atoms with Crippen LogP contribution in [0, 0.1) is 5.92 Å². The SMILES string of the molecule is COC(=O)/C=C1/CCC[C@H]1CC(=O)c1ccccc1. The van der Waals surface area contributed by atoms with Gasteiger partial charge in [0.2, 0.25) is 0 Å². The molecule has 1 saturated carbocycles. The lowest BCUT2D eigenvalue weighted by Gasteiger charge is -2.11. The number of ether oxygens (including phenoxy) is 1. The molecule has 0 radical (unpaired) electrons. The summed E-state index contributed by atoms with van der Waals surface area (Å²) in [5.74, 6) is 0.00383. The molecule has 0 heterocycles. The fraction of sp³-hybridized carbons (Fsp3) is 0.375. The third-order valence-corrected chi connectivity index (χ3v) is 3.57. The summed E-state index contributed by atoms with van der Waals surface area (Å²) < 4.78 is 4.65. The highest BCUT2D eigenvalue weighted by Crippen LogP contribution is 2.34. The number of hydrogen-bond donors (Lipinski definition) is 0. The second-order valence-electron chi connectivity index (χ2n) is 4.82. The van der Waals surface area contributed by atoms with Crippen molar-refractivity contribution in [2.45, 2.75) is 25.7 Å². The van der Waals surface area contributed by atoms with Gasteiger partial charge in [0.15, 0.2) is 5.78 Å². The number of esters is 1. The van der Waals surface area contributed by atoms with Crippen LogP contribution in [0.5, 0.6) is 0 Å². The maximum absolute atomic E-state index is 12.2. The average Bonchev–Trinajstić information content (AvgIpc) is 2.86. The van der Waals surface area contributed by atoms with Crippen LogP contribution in [0.1, 0.15) is 36.0 Å². The van der Waals surface area contributed by atoms with Gasteiger partial charge < -0.3 is 4.74 Å². The molecule has 0 amide bonds. The summed E-state index contributed by atoms with van der Waals surface area (Å²) in [4.78, 5) is 23.4. The van der Waals surface area contributed by atoms with E-state index in [9.17, 15) is 9.59 Å². The van der Waals surface area contributed by atoms with Gasteiger partial charge in [-0.25, -0.2) is 4.79 Å². The van der Waals surface area contributed by atoms with Gasteiger partial charge in [-0.1, -0.05) is 35.9 Å². The van der Waals surface area contributed by atoms with Crippen LogP contribution < -0.4 is 0 Å². The van der Waals surface area contributed by atoms with E-state index in [0.29, 0.717) is 6.42 Å². The molecule has 0 saturated heterocycles. The number of hydrogen-bond acceptors (Lipinski definition) is 3. The largest absolute Gasteiger partial charge is 0.466 e. The van der Waals surface area contributed by atoms with E-state index in [1.165, 1.54) is 7.11 Å². The molecule has 1 fully saturated rings. The number of benzene rings is 1. The Bertz CT molecular complexity index is 488. The molecule has 0 unspecified atom stereocenters. The monoisotopic (exact) mass is 258 g/mol. The van der Waals surface area contributed by atoms with Crippen LogP contribution in [0.15, 0.2) is 42.0 Å².